The van der Waals surface area contributed by atoms with Crippen molar-refractivity contribution in [1.82, 2.24) is 15.5 Å². The standard InChI is InChI=1S/C20H29F3N4O.HI/c1-14(15-8-7-9-16(12-15)20(21,22)23)26-18(24-2)25-13-19(10-5-6-11-19)17(28)27(3)4;/h7-9,12,14H,5-6,10-11,13H2,1-4H3,(H2,24,25,26);1H. The lowest BCUT2D eigenvalue weighted by atomic mass is 9.84. The number of halogens is 4. The zero-order valence-corrected chi connectivity index (χ0v) is 19.6. The van der Waals surface area contributed by atoms with Crippen LogP contribution in [0.25, 0.3) is 0 Å². The number of alkyl halides is 3. The largest absolute Gasteiger partial charge is 0.416 e. The fourth-order valence-corrected chi connectivity index (χ4v) is 3.71. The zero-order valence-electron chi connectivity index (χ0n) is 17.3. The van der Waals surface area contributed by atoms with Crippen LogP contribution in [-0.4, -0.2) is 44.5 Å². The molecule has 1 unspecified atom stereocenters. The van der Waals surface area contributed by atoms with Crippen LogP contribution in [0.5, 0.6) is 0 Å². The molecule has 1 aliphatic rings. The van der Waals surface area contributed by atoms with Gasteiger partial charge in [0, 0.05) is 27.7 Å². The lowest BCUT2D eigenvalue weighted by Gasteiger charge is -2.31. The van der Waals surface area contributed by atoms with Crippen LogP contribution in [0.1, 0.15) is 49.8 Å². The van der Waals surface area contributed by atoms with Crippen molar-refractivity contribution >= 4 is 35.8 Å². The van der Waals surface area contributed by atoms with Crippen LogP contribution in [0.15, 0.2) is 29.3 Å². The van der Waals surface area contributed by atoms with E-state index in [4.69, 9.17) is 0 Å². The number of benzene rings is 1. The molecule has 1 aliphatic carbocycles. The Hall–Kier alpha value is -1.52. The van der Waals surface area contributed by atoms with E-state index >= 15 is 0 Å². The zero-order chi connectivity index (χ0) is 20.9. The molecule has 1 atom stereocenters. The molecule has 164 valence electrons. The monoisotopic (exact) mass is 526 g/mol. The summed E-state index contributed by atoms with van der Waals surface area (Å²) < 4.78 is 38.8. The van der Waals surface area contributed by atoms with E-state index in [1.54, 1.807) is 39.0 Å². The summed E-state index contributed by atoms with van der Waals surface area (Å²) in [7, 11) is 5.11. The van der Waals surface area contributed by atoms with Gasteiger partial charge in [-0.3, -0.25) is 9.79 Å². The Balaban J connectivity index is 0.00000420. The van der Waals surface area contributed by atoms with Crippen molar-refractivity contribution in [3.05, 3.63) is 35.4 Å². The number of rotatable bonds is 5. The second kappa shape index (κ2) is 10.5. The van der Waals surface area contributed by atoms with Gasteiger partial charge >= 0.3 is 6.18 Å². The van der Waals surface area contributed by atoms with E-state index in [0.29, 0.717) is 18.1 Å². The molecule has 0 heterocycles. The van der Waals surface area contributed by atoms with Crippen molar-refractivity contribution < 1.29 is 18.0 Å². The van der Waals surface area contributed by atoms with Crippen LogP contribution < -0.4 is 10.6 Å². The van der Waals surface area contributed by atoms with E-state index in [-0.39, 0.29) is 35.9 Å². The highest BCUT2D eigenvalue weighted by Crippen LogP contribution is 2.39. The minimum atomic E-state index is -4.38. The van der Waals surface area contributed by atoms with Gasteiger partial charge in [0.2, 0.25) is 5.91 Å². The number of carbonyl (C=O) groups is 1. The van der Waals surface area contributed by atoms with Gasteiger partial charge < -0.3 is 15.5 Å². The van der Waals surface area contributed by atoms with Crippen molar-refractivity contribution in [2.24, 2.45) is 10.4 Å². The molecule has 0 saturated heterocycles. The van der Waals surface area contributed by atoms with Gasteiger partial charge in [-0.1, -0.05) is 25.0 Å². The summed E-state index contributed by atoms with van der Waals surface area (Å²) in [5, 5.41) is 6.32. The lowest BCUT2D eigenvalue weighted by molar-refractivity contribution is -0.139. The highest BCUT2D eigenvalue weighted by molar-refractivity contribution is 14.0. The number of amides is 1. The molecule has 29 heavy (non-hydrogen) atoms. The van der Waals surface area contributed by atoms with E-state index in [2.05, 4.69) is 15.6 Å². The van der Waals surface area contributed by atoms with Crippen molar-refractivity contribution in [2.45, 2.75) is 44.8 Å². The molecular weight excluding hydrogens is 496 g/mol. The molecule has 2 N–H and O–H groups in total. The molecule has 1 saturated carbocycles. The first-order valence-corrected chi connectivity index (χ1v) is 9.45. The molecule has 1 amide bonds. The van der Waals surface area contributed by atoms with E-state index < -0.39 is 17.2 Å². The van der Waals surface area contributed by atoms with Crippen LogP contribution in [-0.2, 0) is 11.0 Å². The molecule has 1 aromatic carbocycles. The molecule has 5 nitrogen and oxygen atoms in total. The van der Waals surface area contributed by atoms with Crippen molar-refractivity contribution in [1.29, 1.82) is 0 Å². The maximum Gasteiger partial charge on any atom is 0.416 e. The van der Waals surface area contributed by atoms with Gasteiger partial charge in [-0.25, -0.2) is 0 Å². The third kappa shape index (κ3) is 6.48. The SMILES string of the molecule is CN=C(NCC1(C(=O)N(C)C)CCCC1)NC(C)c1cccc(C(F)(F)F)c1.I. The van der Waals surface area contributed by atoms with Crippen molar-refractivity contribution in [3.63, 3.8) is 0 Å². The highest BCUT2D eigenvalue weighted by Gasteiger charge is 2.42. The predicted molar refractivity (Wildman–Crippen MR) is 119 cm³/mol. The number of aliphatic imine (C=N–C) groups is 1. The average molecular weight is 526 g/mol. The minimum Gasteiger partial charge on any atom is -0.355 e. The van der Waals surface area contributed by atoms with Gasteiger partial charge in [0.05, 0.1) is 17.0 Å². The molecular formula is C20H30F3IN4O. The normalized spacial score (nSPS) is 17.3. The second-order valence-electron chi connectivity index (χ2n) is 7.60. The van der Waals surface area contributed by atoms with Gasteiger partial charge in [0.25, 0.3) is 0 Å². The summed E-state index contributed by atoms with van der Waals surface area (Å²) in [5.74, 6) is 0.557. The first kappa shape index (κ1) is 25.5. The summed E-state index contributed by atoms with van der Waals surface area (Å²) in [4.78, 5) is 18.4. The third-order valence-corrected chi connectivity index (χ3v) is 5.31. The Morgan fingerprint density at radius 2 is 1.90 bits per heavy atom. The maximum absolute atomic E-state index is 12.9. The molecule has 0 aliphatic heterocycles. The smallest absolute Gasteiger partial charge is 0.355 e. The van der Waals surface area contributed by atoms with E-state index in [0.717, 1.165) is 37.8 Å². The van der Waals surface area contributed by atoms with E-state index in [1.165, 1.54) is 6.07 Å². The Morgan fingerprint density at radius 3 is 2.41 bits per heavy atom. The van der Waals surface area contributed by atoms with Crippen molar-refractivity contribution in [3.8, 4) is 0 Å². The Kier molecular flexibility index (Phi) is 9.23. The molecule has 1 fully saturated rings. The van der Waals surface area contributed by atoms with Crippen molar-refractivity contribution in [2.75, 3.05) is 27.7 Å². The average Bonchev–Trinajstić information content (AvgIpc) is 3.13. The second-order valence-corrected chi connectivity index (χ2v) is 7.60. The van der Waals surface area contributed by atoms with Crippen LogP contribution in [0, 0.1) is 5.41 Å². The molecule has 0 spiro atoms. The number of nitrogens with zero attached hydrogens (tertiary/aromatic N) is 2. The predicted octanol–water partition coefficient (Wildman–Crippen LogP) is 4.20. The number of guanidine groups is 1. The van der Waals surface area contributed by atoms with Crippen LogP contribution in [0.3, 0.4) is 0 Å². The quantitative estimate of drug-likeness (QED) is 0.344. The summed E-state index contributed by atoms with van der Waals surface area (Å²) in [6, 6.07) is 4.86. The van der Waals surface area contributed by atoms with Gasteiger partial charge in [0.15, 0.2) is 5.96 Å². The highest BCUT2D eigenvalue weighted by atomic mass is 127. The Morgan fingerprint density at radius 1 is 1.28 bits per heavy atom. The number of hydrogen-bond donors (Lipinski definition) is 2. The minimum absolute atomic E-state index is 0. The third-order valence-electron chi connectivity index (χ3n) is 5.31. The molecule has 0 bridgehead atoms. The number of carbonyl (C=O) groups excluding carboxylic acids is 1. The molecule has 1 aromatic rings. The molecule has 9 heteroatoms. The van der Waals surface area contributed by atoms with Crippen LogP contribution in [0.4, 0.5) is 13.2 Å². The first-order valence-electron chi connectivity index (χ1n) is 9.45. The van der Waals surface area contributed by atoms with Crippen LogP contribution >= 0.6 is 24.0 Å². The van der Waals surface area contributed by atoms with Gasteiger partial charge in [-0.2, -0.15) is 13.2 Å². The lowest BCUT2D eigenvalue weighted by Crippen LogP contribution is -2.49. The number of hydrogen-bond acceptors (Lipinski definition) is 2. The van der Waals surface area contributed by atoms with Crippen LogP contribution in [0.2, 0.25) is 0 Å². The Labute approximate surface area is 187 Å². The van der Waals surface area contributed by atoms with E-state index in [1.807, 2.05) is 0 Å². The topological polar surface area (TPSA) is 56.7 Å². The fraction of sp³-hybridized carbons (Fsp3) is 0.600. The van der Waals surface area contributed by atoms with Gasteiger partial charge in [0.1, 0.15) is 0 Å². The maximum atomic E-state index is 12.9. The summed E-state index contributed by atoms with van der Waals surface area (Å²) in [6.45, 7) is 2.22. The summed E-state index contributed by atoms with van der Waals surface area (Å²) in [6.07, 6.45) is -0.729. The van der Waals surface area contributed by atoms with E-state index in [9.17, 15) is 18.0 Å². The molecule has 0 aromatic heterocycles. The van der Waals surface area contributed by atoms with Gasteiger partial charge in [-0.05, 0) is 37.5 Å². The molecule has 2 rings (SSSR count). The fourth-order valence-electron chi connectivity index (χ4n) is 3.71. The number of nitrogens with one attached hydrogen (secondary N) is 2. The summed E-state index contributed by atoms with van der Waals surface area (Å²) in [5.41, 5.74) is -0.624. The summed E-state index contributed by atoms with van der Waals surface area (Å²) >= 11 is 0. The molecule has 0 radical (unpaired) electrons. The Bertz CT molecular complexity index is 716. The first-order chi connectivity index (χ1) is 13.1. The van der Waals surface area contributed by atoms with Gasteiger partial charge in [-0.15, -0.1) is 24.0 Å².